The summed E-state index contributed by atoms with van der Waals surface area (Å²) in [6.07, 6.45) is 6.82. The van der Waals surface area contributed by atoms with E-state index in [1.54, 1.807) is 0 Å². The van der Waals surface area contributed by atoms with Crippen molar-refractivity contribution in [3.8, 4) is 0 Å². The van der Waals surface area contributed by atoms with Gasteiger partial charge in [-0.05, 0) is 19.3 Å². The van der Waals surface area contributed by atoms with E-state index in [9.17, 15) is 0 Å². The lowest BCUT2D eigenvalue weighted by Gasteiger charge is -2.18. The highest BCUT2D eigenvalue weighted by molar-refractivity contribution is 4.94. The third-order valence-electron chi connectivity index (χ3n) is 1.92. The van der Waals surface area contributed by atoms with Crippen molar-refractivity contribution in [1.29, 1.82) is 0 Å². The molecule has 0 bridgehead atoms. The van der Waals surface area contributed by atoms with E-state index < -0.39 is 6.10 Å². The molecule has 1 aliphatic rings. The smallest absolute Gasteiger partial charge is 0.100 e. The van der Waals surface area contributed by atoms with Gasteiger partial charge in [-0.2, -0.15) is 0 Å². The fourth-order valence-corrected chi connectivity index (χ4v) is 1.21. The van der Waals surface area contributed by atoms with E-state index in [0.717, 1.165) is 19.3 Å². The molecular weight excluding hydrogens is 156 g/mol. The van der Waals surface area contributed by atoms with Crippen molar-refractivity contribution in [1.82, 2.24) is 0 Å². The van der Waals surface area contributed by atoms with E-state index in [-0.39, 0.29) is 19.3 Å². The highest BCUT2D eigenvalue weighted by Gasteiger charge is 2.10. The van der Waals surface area contributed by atoms with Gasteiger partial charge in [0.1, 0.15) is 6.10 Å². The van der Waals surface area contributed by atoms with Gasteiger partial charge in [-0.25, -0.2) is 0 Å². The van der Waals surface area contributed by atoms with Crippen LogP contribution in [0.4, 0.5) is 0 Å². The Hall–Kier alpha value is -0.380. The molecule has 0 saturated carbocycles. The van der Waals surface area contributed by atoms with Gasteiger partial charge in [0, 0.05) is 0 Å². The molecule has 0 radical (unpaired) electrons. The monoisotopic (exact) mass is 172 g/mol. The fourth-order valence-electron chi connectivity index (χ4n) is 1.21. The molecule has 0 saturated heterocycles. The topological polar surface area (TPSA) is 49.7 Å². The minimum absolute atomic E-state index is 0.139. The van der Waals surface area contributed by atoms with Crippen molar-refractivity contribution < 1.29 is 14.9 Å². The van der Waals surface area contributed by atoms with E-state index >= 15 is 0 Å². The molecule has 0 aromatic heterocycles. The van der Waals surface area contributed by atoms with E-state index in [1.807, 2.05) is 6.08 Å². The van der Waals surface area contributed by atoms with Crippen LogP contribution in [-0.4, -0.2) is 35.6 Å². The maximum absolute atomic E-state index is 8.99. The molecule has 70 valence electrons. The van der Waals surface area contributed by atoms with Crippen molar-refractivity contribution in [2.45, 2.75) is 31.5 Å². The Labute approximate surface area is 72.7 Å². The Morgan fingerprint density at radius 3 is 3.00 bits per heavy atom. The van der Waals surface area contributed by atoms with Crippen molar-refractivity contribution in [2.75, 3.05) is 13.2 Å². The van der Waals surface area contributed by atoms with Crippen LogP contribution >= 0.6 is 0 Å². The first-order valence-corrected chi connectivity index (χ1v) is 4.40. The lowest BCUT2D eigenvalue weighted by Crippen LogP contribution is -2.24. The van der Waals surface area contributed by atoms with Crippen molar-refractivity contribution >= 4 is 0 Å². The standard InChI is InChI=1S/C9H16O3/c10-6-8(11)7-12-9-4-2-1-3-5-9/h2,4,8-11H,1,3,5-7H2. The van der Waals surface area contributed by atoms with Crippen LogP contribution < -0.4 is 0 Å². The van der Waals surface area contributed by atoms with Gasteiger partial charge in [0.05, 0.1) is 19.3 Å². The maximum atomic E-state index is 8.99. The molecule has 2 N–H and O–H groups in total. The zero-order chi connectivity index (χ0) is 8.81. The number of ether oxygens (including phenoxy) is 1. The molecule has 0 amide bonds. The summed E-state index contributed by atoms with van der Waals surface area (Å²) < 4.78 is 5.34. The Balaban J connectivity index is 2.13. The lowest BCUT2D eigenvalue weighted by molar-refractivity contribution is -0.0173. The minimum atomic E-state index is -0.736. The van der Waals surface area contributed by atoms with Gasteiger partial charge in [0.2, 0.25) is 0 Å². The average molecular weight is 172 g/mol. The van der Waals surface area contributed by atoms with Gasteiger partial charge < -0.3 is 14.9 Å². The number of hydrogen-bond acceptors (Lipinski definition) is 3. The largest absolute Gasteiger partial charge is 0.394 e. The number of aliphatic hydroxyl groups is 2. The number of hydrogen-bond donors (Lipinski definition) is 2. The molecule has 3 heteroatoms. The molecule has 2 atom stereocenters. The van der Waals surface area contributed by atoms with E-state index in [1.165, 1.54) is 0 Å². The molecule has 3 nitrogen and oxygen atoms in total. The molecule has 12 heavy (non-hydrogen) atoms. The Bertz CT molecular complexity index is 145. The van der Waals surface area contributed by atoms with Crippen LogP contribution in [-0.2, 0) is 4.74 Å². The fraction of sp³-hybridized carbons (Fsp3) is 0.778. The third kappa shape index (κ3) is 3.34. The van der Waals surface area contributed by atoms with Crippen molar-refractivity contribution in [3.05, 3.63) is 12.2 Å². The molecule has 0 aromatic rings. The number of rotatable bonds is 4. The highest BCUT2D eigenvalue weighted by atomic mass is 16.5. The maximum Gasteiger partial charge on any atom is 0.100 e. The quantitative estimate of drug-likeness (QED) is 0.606. The first-order valence-electron chi connectivity index (χ1n) is 4.40. The molecule has 0 heterocycles. The zero-order valence-corrected chi connectivity index (χ0v) is 7.15. The van der Waals surface area contributed by atoms with Gasteiger partial charge in [-0.15, -0.1) is 0 Å². The van der Waals surface area contributed by atoms with Crippen LogP contribution in [0.25, 0.3) is 0 Å². The van der Waals surface area contributed by atoms with Crippen molar-refractivity contribution in [2.24, 2.45) is 0 Å². The predicted molar refractivity (Wildman–Crippen MR) is 45.8 cm³/mol. The van der Waals surface area contributed by atoms with Crippen molar-refractivity contribution in [3.63, 3.8) is 0 Å². The minimum Gasteiger partial charge on any atom is -0.394 e. The van der Waals surface area contributed by atoms with Crippen LogP contribution in [0.2, 0.25) is 0 Å². The normalized spacial score (nSPS) is 25.7. The summed E-state index contributed by atoms with van der Waals surface area (Å²) >= 11 is 0. The molecule has 2 unspecified atom stereocenters. The third-order valence-corrected chi connectivity index (χ3v) is 1.92. The summed E-state index contributed by atoms with van der Waals surface area (Å²) in [5.74, 6) is 0. The number of allylic oxidation sites excluding steroid dienone is 1. The molecule has 0 aromatic carbocycles. The van der Waals surface area contributed by atoms with E-state index in [2.05, 4.69) is 6.08 Å². The summed E-state index contributed by atoms with van der Waals surface area (Å²) in [6.45, 7) is 0.00193. The van der Waals surface area contributed by atoms with Gasteiger partial charge in [0.15, 0.2) is 0 Å². The van der Waals surface area contributed by atoms with Gasteiger partial charge in [0.25, 0.3) is 0 Å². The van der Waals surface area contributed by atoms with Gasteiger partial charge in [-0.3, -0.25) is 0 Å². The second-order valence-corrected chi connectivity index (χ2v) is 3.07. The molecular formula is C9H16O3. The summed E-state index contributed by atoms with van der Waals surface area (Å²) in [7, 11) is 0. The molecule has 0 aliphatic heterocycles. The van der Waals surface area contributed by atoms with Crippen LogP contribution in [0.1, 0.15) is 19.3 Å². The second kappa shape index (κ2) is 5.30. The summed E-state index contributed by atoms with van der Waals surface area (Å²) in [5, 5.41) is 17.5. The van der Waals surface area contributed by atoms with Gasteiger partial charge >= 0.3 is 0 Å². The summed E-state index contributed by atoms with van der Waals surface area (Å²) in [5.41, 5.74) is 0. The summed E-state index contributed by atoms with van der Waals surface area (Å²) in [6, 6.07) is 0. The molecule has 0 spiro atoms. The average Bonchev–Trinajstić information content (AvgIpc) is 2.16. The lowest BCUT2D eigenvalue weighted by atomic mass is 10.1. The van der Waals surface area contributed by atoms with Crippen LogP contribution in [0.3, 0.4) is 0 Å². The van der Waals surface area contributed by atoms with Crippen LogP contribution in [0.15, 0.2) is 12.2 Å². The zero-order valence-electron chi connectivity index (χ0n) is 7.15. The van der Waals surface area contributed by atoms with E-state index in [0.29, 0.717) is 0 Å². The van der Waals surface area contributed by atoms with Crippen LogP contribution in [0.5, 0.6) is 0 Å². The van der Waals surface area contributed by atoms with Gasteiger partial charge in [-0.1, -0.05) is 12.2 Å². The summed E-state index contributed by atoms with van der Waals surface area (Å²) in [4.78, 5) is 0. The Morgan fingerprint density at radius 2 is 2.42 bits per heavy atom. The van der Waals surface area contributed by atoms with Crippen LogP contribution in [0, 0.1) is 0 Å². The first-order chi connectivity index (χ1) is 5.83. The number of aliphatic hydroxyl groups excluding tert-OH is 2. The predicted octanol–water partition coefficient (Wildman–Crippen LogP) is 0.465. The SMILES string of the molecule is OCC(O)COC1C=CCCC1. The second-order valence-electron chi connectivity index (χ2n) is 3.07. The first kappa shape index (κ1) is 9.71. The molecule has 0 fully saturated rings. The highest BCUT2D eigenvalue weighted by Crippen LogP contribution is 2.13. The Morgan fingerprint density at radius 1 is 1.58 bits per heavy atom. The van der Waals surface area contributed by atoms with E-state index in [4.69, 9.17) is 14.9 Å². The molecule has 1 aliphatic carbocycles. The molecule has 1 rings (SSSR count). The Kier molecular flexibility index (Phi) is 4.29.